The van der Waals surface area contributed by atoms with Gasteiger partial charge in [-0.1, -0.05) is 6.08 Å². The Morgan fingerprint density at radius 3 is 2.85 bits per heavy atom. The van der Waals surface area contributed by atoms with Gasteiger partial charge in [-0.15, -0.1) is 0 Å². The summed E-state index contributed by atoms with van der Waals surface area (Å²) in [7, 11) is 1.73. The van der Waals surface area contributed by atoms with Crippen LogP contribution in [0.4, 0.5) is 10.3 Å². The lowest BCUT2D eigenvalue weighted by atomic mass is 9.93. The fourth-order valence-electron chi connectivity index (χ4n) is 3.48. The third-order valence-electron chi connectivity index (χ3n) is 5.03. The van der Waals surface area contributed by atoms with E-state index in [1.807, 2.05) is 18.2 Å². The second-order valence-corrected chi connectivity index (χ2v) is 6.78. The number of allylic oxidation sites excluding steroid dienone is 3. The Morgan fingerprint density at radius 1 is 1.30 bits per heavy atom. The molecule has 7 heteroatoms. The zero-order chi connectivity index (χ0) is 18.8. The third kappa shape index (κ3) is 3.68. The summed E-state index contributed by atoms with van der Waals surface area (Å²) in [6.07, 6.45) is 8.86. The number of hydrogen-bond donors (Lipinski definition) is 0. The van der Waals surface area contributed by atoms with Crippen LogP contribution in [0.25, 0.3) is 11.3 Å². The number of morpholine rings is 1. The lowest BCUT2D eigenvalue weighted by Gasteiger charge is -2.37. The molecule has 1 aliphatic heterocycles. The molecule has 0 radical (unpaired) electrons. The summed E-state index contributed by atoms with van der Waals surface area (Å²) in [4.78, 5) is 23.3. The van der Waals surface area contributed by atoms with Crippen molar-refractivity contribution in [3.05, 3.63) is 65.0 Å². The highest BCUT2D eigenvalue weighted by Crippen LogP contribution is 2.26. The van der Waals surface area contributed by atoms with Gasteiger partial charge in [-0.25, -0.2) is 9.37 Å². The van der Waals surface area contributed by atoms with Crippen LogP contribution in [-0.4, -0.2) is 40.3 Å². The molecular weight excluding hydrogens is 347 g/mol. The monoisotopic (exact) mass is 368 g/mol. The van der Waals surface area contributed by atoms with Crippen molar-refractivity contribution < 1.29 is 9.13 Å². The summed E-state index contributed by atoms with van der Waals surface area (Å²) < 4.78 is 20.7. The van der Waals surface area contributed by atoms with Crippen molar-refractivity contribution in [3.8, 4) is 11.3 Å². The van der Waals surface area contributed by atoms with E-state index in [1.165, 1.54) is 12.1 Å². The maximum absolute atomic E-state index is 13.2. The van der Waals surface area contributed by atoms with Crippen LogP contribution in [0.1, 0.15) is 6.42 Å². The first kappa shape index (κ1) is 17.6. The molecule has 27 heavy (non-hydrogen) atoms. The molecule has 1 aliphatic carbocycles. The number of anilines is 1. The summed E-state index contributed by atoms with van der Waals surface area (Å²) in [5, 5.41) is 0. The summed E-state index contributed by atoms with van der Waals surface area (Å²) in [5.41, 5.74) is 1.36. The maximum atomic E-state index is 13.2. The highest BCUT2D eigenvalue weighted by Gasteiger charge is 2.29. The Morgan fingerprint density at radius 2 is 2.11 bits per heavy atom. The van der Waals surface area contributed by atoms with Crippen molar-refractivity contribution in [1.29, 1.82) is 0 Å². The average molecular weight is 368 g/mol. The first-order chi connectivity index (χ1) is 13.1. The minimum Gasteiger partial charge on any atom is -0.374 e. The normalized spacial score (nSPS) is 22.6. The van der Waals surface area contributed by atoms with Gasteiger partial charge in [-0.05, 0) is 30.7 Å². The van der Waals surface area contributed by atoms with Crippen LogP contribution in [0.15, 0.2) is 59.4 Å². The zero-order valence-electron chi connectivity index (χ0n) is 15.1. The second-order valence-electron chi connectivity index (χ2n) is 6.78. The fraction of sp³-hybridized carbons (Fsp3) is 0.350. The van der Waals surface area contributed by atoms with Crippen LogP contribution in [0.2, 0.25) is 0 Å². The third-order valence-corrected chi connectivity index (χ3v) is 5.03. The molecule has 0 N–H and O–H groups in total. The highest BCUT2D eigenvalue weighted by molar-refractivity contribution is 5.59. The predicted molar refractivity (Wildman–Crippen MR) is 101 cm³/mol. The van der Waals surface area contributed by atoms with Gasteiger partial charge in [0.05, 0.1) is 18.4 Å². The van der Waals surface area contributed by atoms with Gasteiger partial charge in [0.2, 0.25) is 5.95 Å². The minimum atomic E-state index is -0.201. The Bertz CT molecular complexity index is 939. The molecule has 1 fully saturated rings. The van der Waals surface area contributed by atoms with Gasteiger partial charge in [-0.2, -0.15) is 0 Å². The van der Waals surface area contributed by atoms with Crippen molar-refractivity contribution in [2.24, 2.45) is 13.0 Å². The van der Waals surface area contributed by atoms with Crippen molar-refractivity contribution >= 4 is 5.95 Å². The molecule has 2 atom stereocenters. The topological polar surface area (TPSA) is 60.2 Å². The molecule has 4 rings (SSSR count). The van der Waals surface area contributed by atoms with Gasteiger partial charge in [-0.3, -0.25) is 14.3 Å². The van der Waals surface area contributed by atoms with E-state index in [9.17, 15) is 9.18 Å². The standard InChI is InChI=1S/C20H21FN4O2/c1-24-19(26)12-17(14-6-8-22-9-7-14)23-20(24)25-10-11-27-18(13-25)15-2-4-16(21)5-3-15/h2,4-9,12,15,18H,3,10-11,13H2,1H3/t15?,18-/m1/s1. The van der Waals surface area contributed by atoms with Crippen molar-refractivity contribution in [2.45, 2.75) is 12.5 Å². The number of aromatic nitrogens is 3. The fourth-order valence-corrected chi connectivity index (χ4v) is 3.48. The molecule has 2 aliphatic rings. The summed E-state index contributed by atoms with van der Waals surface area (Å²) in [5.74, 6) is 0.532. The smallest absolute Gasteiger partial charge is 0.255 e. The summed E-state index contributed by atoms with van der Waals surface area (Å²) >= 11 is 0. The molecule has 3 heterocycles. The molecule has 2 aromatic rings. The number of ether oxygens (including phenoxy) is 1. The van der Waals surface area contributed by atoms with E-state index in [-0.39, 0.29) is 23.4 Å². The van der Waals surface area contributed by atoms with E-state index in [4.69, 9.17) is 9.72 Å². The van der Waals surface area contributed by atoms with Gasteiger partial charge in [0.15, 0.2) is 0 Å². The minimum absolute atomic E-state index is 0.0687. The first-order valence-corrected chi connectivity index (χ1v) is 9.01. The Kier molecular flexibility index (Phi) is 4.85. The van der Waals surface area contributed by atoms with Gasteiger partial charge >= 0.3 is 0 Å². The van der Waals surface area contributed by atoms with Crippen molar-refractivity contribution in [3.63, 3.8) is 0 Å². The molecule has 1 unspecified atom stereocenters. The van der Waals surface area contributed by atoms with E-state index in [2.05, 4.69) is 9.88 Å². The van der Waals surface area contributed by atoms with Crippen LogP contribution in [-0.2, 0) is 11.8 Å². The van der Waals surface area contributed by atoms with Crippen LogP contribution in [0.5, 0.6) is 0 Å². The first-order valence-electron chi connectivity index (χ1n) is 9.01. The number of halogens is 1. The van der Waals surface area contributed by atoms with E-state index < -0.39 is 0 Å². The average Bonchev–Trinajstić information content (AvgIpc) is 2.71. The van der Waals surface area contributed by atoms with Crippen LogP contribution in [0.3, 0.4) is 0 Å². The van der Waals surface area contributed by atoms with Crippen molar-refractivity contribution in [2.75, 3.05) is 24.6 Å². The molecular formula is C20H21FN4O2. The Balaban J connectivity index is 1.61. The molecule has 2 aromatic heterocycles. The van der Waals surface area contributed by atoms with E-state index in [0.717, 1.165) is 5.56 Å². The van der Waals surface area contributed by atoms with Gasteiger partial charge in [0.25, 0.3) is 5.56 Å². The SMILES string of the molecule is Cn1c(N2CCO[C@@H](C3C=CC(F)=CC3)C2)nc(-c2ccncc2)cc1=O. The number of hydrogen-bond acceptors (Lipinski definition) is 5. The Labute approximate surface area is 156 Å². The van der Waals surface area contributed by atoms with E-state index in [1.54, 1.807) is 30.1 Å². The molecule has 1 saturated heterocycles. The largest absolute Gasteiger partial charge is 0.374 e. The maximum Gasteiger partial charge on any atom is 0.255 e. The molecule has 6 nitrogen and oxygen atoms in total. The van der Waals surface area contributed by atoms with Gasteiger partial charge < -0.3 is 9.64 Å². The molecule has 140 valence electrons. The number of rotatable bonds is 3. The predicted octanol–water partition coefficient (Wildman–Crippen LogP) is 2.48. The molecule has 0 spiro atoms. The molecule has 0 saturated carbocycles. The zero-order valence-corrected chi connectivity index (χ0v) is 15.1. The van der Waals surface area contributed by atoms with Crippen LogP contribution < -0.4 is 10.5 Å². The van der Waals surface area contributed by atoms with Gasteiger partial charge in [0.1, 0.15) is 5.83 Å². The number of nitrogens with zero attached hydrogens (tertiary/aromatic N) is 4. The quantitative estimate of drug-likeness (QED) is 0.833. The highest BCUT2D eigenvalue weighted by atomic mass is 19.1. The van der Waals surface area contributed by atoms with Crippen LogP contribution in [0, 0.1) is 5.92 Å². The van der Waals surface area contributed by atoms with E-state index in [0.29, 0.717) is 37.8 Å². The summed E-state index contributed by atoms with van der Waals surface area (Å²) in [6.45, 7) is 1.79. The lowest BCUT2D eigenvalue weighted by molar-refractivity contribution is 0.0137. The molecule has 0 bridgehead atoms. The Hall–Kier alpha value is -2.80. The van der Waals surface area contributed by atoms with E-state index >= 15 is 0 Å². The number of pyridine rings is 1. The van der Waals surface area contributed by atoms with Crippen LogP contribution >= 0.6 is 0 Å². The lowest BCUT2D eigenvalue weighted by Crippen LogP contribution is -2.47. The second kappa shape index (κ2) is 7.44. The molecule has 0 amide bonds. The van der Waals surface area contributed by atoms with Gasteiger partial charge in [0, 0.05) is 50.1 Å². The summed E-state index contributed by atoms with van der Waals surface area (Å²) in [6, 6.07) is 5.21. The molecule has 0 aromatic carbocycles. The van der Waals surface area contributed by atoms with Crippen molar-refractivity contribution in [1.82, 2.24) is 14.5 Å².